The smallest absolute Gasteiger partial charge is 0.0935 e. The summed E-state index contributed by atoms with van der Waals surface area (Å²) >= 11 is 12.1. The predicted molar refractivity (Wildman–Crippen MR) is 113 cm³/mol. The van der Waals surface area contributed by atoms with Gasteiger partial charge in [0, 0.05) is 28.9 Å². The van der Waals surface area contributed by atoms with Crippen molar-refractivity contribution in [1.29, 1.82) is 0 Å². The fourth-order valence-electron chi connectivity index (χ4n) is 3.29. The monoisotopic (exact) mass is 391 g/mol. The Balaban J connectivity index is 2.39. The lowest BCUT2D eigenvalue weighted by atomic mass is 9.77. The Morgan fingerprint density at radius 1 is 1.12 bits per heavy atom. The summed E-state index contributed by atoms with van der Waals surface area (Å²) < 4.78 is 0. The van der Waals surface area contributed by atoms with Crippen LogP contribution in [0.5, 0.6) is 0 Å². The molecule has 2 aromatic carbocycles. The van der Waals surface area contributed by atoms with Crippen molar-refractivity contribution in [1.82, 2.24) is 4.90 Å². The molecular weight excluding hydrogens is 365 g/mol. The molecule has 0 saturated carbocycles. The number of halogens is 2. The maximum Gasteiger partial charge on any atom is 0.0935 e. The van der Waals surface area contributed by atoms with Gasteiger partial charge in [-0.1, -0.05) is 60.5 Å². The van der Waals surface area contributed by atoms with Crippen LogP contribution in [0.25, 0.3) is 6.08 Å². The van der Waals surface area contributed by atoms with Crippen LogP contribution in [-0.4, -0.2) is 36.2 Å². The van der Waals surface area contributed by atoms with Crippen molar-refractivity contribution in [3.8, 4) is 0 Å². The minimum absolute atomic E-state index is 0.0417. The van der Waals surface area contributed by atoms with Crippen molar-refractivity contribution in [3.05, 3.63) is 75.3 Å². The molecule has 2 nitrogen and oxygen atoms in total. The quantitative estimate of drug-likeness (QED) is 0.666. The molecule has 4 heteroatoms. The molecule has 2 rings (SSSR count). The SMILES string of the molecule is C/C(=C/c1ccc(Cl)cc1)C(O)(Cc1cccc(Cl)c1)C(C)CN(C)C. The summed E-state index contributed by atoms with van der Waals surface area (Å²) in [5.74, 6) is 0.0417. The third-order valence-corrected chi connectivity index (χ3v) is 5.24. The van der Waals surface area contributed by atoms with Gasteiger partial charge in [0.15, 0.2) is 0 Å². The van der Waals surface area contributed by atoms with Gasteiger partial charge in [0.2, 0.25) is 0 Å². The highest BCUT2D eigenvalue weighted by Gasteiger charge is 2.36. The van der Waals surface area contributed by atoms with Gasteiger partial charge in [-0.3, -0.25) is 0 Å². The fourth-order valence-corrected chi connectivity index (χ4v) is 3.63. The highest BCUT2D eigenvalue weighted by Crippen LogP contribution is 2.32. The fraction of sp³-hybridized carbons (Fsp3) is 0.364. The van der Waals surface area contributed by atoms with E-state index in [-0.39, 0.29) is 5.92 Å². The second-order valence-electron chi connectivity index (χ2n) is 7.27. The number of rotatable bonds is 7. The topological polar surface area (TPSA) is 23.5 Å². The molecule has 0 heterocycles. The van der Waals surface area contributed by atoms with Crippen LogP contribution in [0, 0.1) is 5.92 Å². The molecule has 0 amide bonds. The van der Waals surface area contributed by atoms with Crippen LogP contribution in [0.2, 0.25) is 10.0 Å². The van der Waals surface area contributed by atoms with Crippen molar-refractivity contribution < 1.29 is 5.11 Å². The lowest BCUT2D eigenvalue weighted by Gasteiger charge is -2.37. The van der Waals surface area contributed by atoms with Gasteiger partial charge in [0.1, 0.15) is 0 Å². The van der Waals surface area contributed by atoms with E-state index in [9.17, 15) is 5.11 Å². The van der Waals surface area contributed by atoms with E-state index in [1.165, 1.54) is 0 Å². The standard InChI is InChI=1S/C22H27Cl2NO/c1-16(12-18-8-10-20(23)11-9-18)22(26,17(2)15-25(3)4)14-19-6-5-7-21(24)13-19/h5-13,17,26H,14-15H2,1-4H3/b16-12-. The Labute approximate surface area is 167 Å². The molecule has 0 radical (unpaired) electrons. The van der Waals surface area contributed by atoms with Gasteiger partial charge in [-0.05, 0) is 62.0 Å². The van der Waals surface area contributed by atoms with Gasteiger partial charge < -0.3 is 10.0 Å². The first kappa shape index (κ1) is 21.0. The molecule has 2 atom stereocenters. The first-order valence-electron chi connectivity index (χ1n) is 8.76. The van der Waals surface area contributed by atoms with E-state index >= 15 is 0 Å². The van der Waals surface area contributed by atoms with E-state index < -0.39 is 5.60 Å². The largest absolute Gasteiger partial charge is 0.385 e. The number of benzene rings is 2. The third kappa shape index (κ3) is 5.59. The van der Waals surface area contributed by atoms with E-state index in [0.29, 0.717) is 16.5 Å². The summed E-state index contributed by atoms with van der Waals surface area (Å²) in [4.78, 5) is 2.10. The van der Waals surface area contributed by atoms with Crippen molar-refractivity contribution >= 4 is 29.3 Å². The zero-order valence-electron chi connectivity index (χ0n) is 15.8. The Bertz CT molecular complexity index is 755. The first-order chi connectivity index (χ1) is 12.2. The van der Waals surface area contributed by atoms with Crippen LogP contribution in [0.3, 0.4) is 0 Å². The van der Waals surface area contributed by atoms with Crippen LogP contribution in [0.15, 0.2) is 54.1 Å². The molecule has 1 N–H and O–H groups in total. The lowest BCUT2D eigenvalue weighted by Crippen LogP contribution is -2.44. The zero-order valence-corrected chi connectivity index (χ0v) is 17.3. The third-order valence-electron chi connectivity index (χ3n) is 4.75. The predicted octanol–water partition coefficient (Wildman–Crippen LogP) is 5.57. The molecule has 0 fully saturated rings. The summed E-state index contributed by atoms with van der Waals surface area (Å²) in [5.41, 5.74) is 1.99. The highest BCUT2D eigenvalue weighted by atomic mass is 35.5. The second-order valence-corrected chi connectivity index (χ2v) is 8.15. The van der Waals surface area contributed by atoms with Crippen LogP contribution in [-0.2, 0) is 6.42 Å². The summed E-state index contributed by atoms with van der Waals surface area (Å²) in [6.07, 6.45) is 2.55. The minimum atomic E-state index is -0.978. The number of hydrogen-bond donors (Lipinski definition) is 1. The van der Waals surface area contributed by atoms with Gasteiger partial charge in [-0.15, -0.1) is 0 Å². The Morgan fingerprint density at radius 2 is 1.77 bits per heavy atom. The Kier molecular flexibility index (Phi) is 7.31. The van der Waals surface area contributed by atoms with Crippen molar-refractivity contribution in [2.45, 2.75) is 25.9 Å². The molecule has 0 aromatic heterocycles. The molecule has 0 saturated heterocycles. The van der Waals surface area contributed by atoms with Crippen molar-refractivity contribution in [2.75, 3.05) is 20.6 Å². The number of nitrogens with zero attached hydrogens (tertiary/aromatic N) is 1. The molecule has 0 spiro atoms. The van der Waals surface area contributed by atoms with E-state index in [1.54, 1.807) is 0 Å². The summed E-state index contributed by atoms with van der Waals surface area (Å²) in [7, 11) is 4.04. The molecular formula is C22H27Cl2NO. The van der Waals surface area contributed by atoms with Gasteiger partial charge in [0.25, 0.3) is 0 Å². The van der Waals surface area contributed by atoms with Crippen LogP contribution >= 0.6 is 23.2 Å². The zero-order chi connectivity index (χ0) is 19.3. The maximum absolute atomic E-state index is 11.7. The average Bonchev–Trinajstić information content (AvgIpc) is 2.56. The van der Waals surface area contributed by atoms with E-state index in [0.717, 1.165) is 23.2 Å². The molecule has 2 unspecified atom stereocenters. The number of aliphatic hydroxyl groups is 1. The maximum atomic E-state index is 11.7. The van der Waals surface area contributed by atoms with Gasteiger partial charge in [-0.25, -0.2) is 0 Å². The summed E-state index contributed by atoms with van der Waals surface area (Å²) in [6.45, 7) is 4.86. The van der Waals surface area contributed by atoms with E-state index in [1.807, 2.05) is 75.6 Å². The van der Waals surface area contributed by atoms with E-state index in [2.05, 4.69) is 11.8 Å². The second kappa shape index (κ2) is 9.05. The Morgan fingerprint density at radius 3 is 2.35 bits per heavy atom. The van der Waals surface area contributed by atoms with Crippen LogP contribution < -0.4 is 0 Å². The molecule has 0 bridgehead atoms. The van der Waals surface area contributed by atoms with Crippen molar-refractivity contribution in [3.63, 3.8) is 0 Å². The number of hydrogen-bond acceptors (Lipinski definition) is 2. The van der Waals surface area contributed by atoms with Crippen LogP contribution in [0.4, 0.5) is 0 Å². The molecule has 0 aliphatic heterocycles. The van der Waals surface area contributed by atoms with Crippen molar-refractivity contribution in [2.24, 2.45) is 5.92 Å². The summed E-state index contributed by atoms with van der Waals surface area (Å²) in [6, 6.07) is 15.3. The molecule has 0 aliphatic carbocycles. The van der Waals surface area contributed by atoms with E-state index in [4.69, 9.17) is 23.2 Å². The van der Waals surface area contributed by atoms with Gasteiger partial charge >= 0.3 is 0 Å². The molecule has 0 aliphatic rings. The normalized spacial score (nSPS) is 15.8. The van der Waals surface area contributed by atoms with Gasteiger partial charge in [-0.2, -0.15) is 0 Å². The minimum Gasteiger partial charge on any atom is -0.385 e. The van der Waals surface area contributed by atoms with Gasteiger partial charge in [0.05, 0.1) is 5.60 Å². The average molecular weight is 392 g/mol. The Hall–Kier alpha value is -1.32. The molecule has 26 heavy (non-hydrogen) atoms. The first-order valence-corrected chi connectivity index (χ1v) is 9.52. The highest BCUT2D eigenvalue weighted by molar-refractivity contribution is 6.30. The lowest BCUT2D eigenvalue weighted by molar-refractivity contribution is 0.0150. The van der Waals surface area contributed by atoms with Crippen LogP contribution in [0.1, 0.15) is 25.0 Å². The molecule has 140 valence electrons. The molecule has 2 aromatic rings. The summed E-state index contributed by atoms with van der Waals surface area (Å²) in [5, 5.41) is 13.1.